The van der Waals surface area contributed by atoms with Crippen LogP contribution in [0.3, 0.4) is 0 Å². The standard InChI is InChI=1S/C6H2N2O2/c1-2-9-6(7-1)5-3-8-10-4-5/h2,4H. The van der Waals surface area contributed by atoms with Crippen LogP contribution in [0.1, 0.15) is 0 Å². The normalized spacial score (nSPS) is 10.0. The van der Waals surface area contributed by atoms with Crippen LogP contribution in [0, 0.1) is 12.4 Å². The monoisotopic (exact) mass is 134 g/mol. The van der Waals surface area contributed by atoms with Gasteiger partial charge >= 0.3 is 0 Å². The molecule has 48 valence electrons. The molecule has 0 N–H and O–H groups in total. The Labute approximate surface area is 56.5 Å². The van der Waals surface area contributed by atoms with Gasteiger partial charge in [-0.25, -0.2) is 4.98 Å². The second kappa shape index (κ2) is 1.98. The van der Waals surface area contributed by atoms with Gasteiger partial charge in [0.15, 0.2) is 0 Å². The molecule has 0 spiro atoms. The molecule has 0 bridgehead atoms. The van der Waals surface area contributed by atoms with E-state index in [9.17, 15) is 0 Å². The van der Waals surface area contributed by atoms with Crippen LogP contribution in [0.25, 0.3) is 11.5 Å². The van der Waals surface area contributed by atoms with Crippen molar-refractivity contribution in [2.45, 2.75) is 0 Å². The summed E-state index contributed by atoms with van der Waals surface area (Å²) in [5.74, 6) is 0.418. The molecule has 0 saturated heterocycles. The molecule has 2 radical (unpaired) electrons. The molecule has 4 heteroatoms. The third-order valence-electron chi connectivity index (χ3n) is 1.01. The SMILES string of the molecule is [c]1coc(-c2[c]noc2)n1. The molecular formula is C6H2N2O2. The second-order valence-corrected chi connectivity index (χ2v) is 1.62. The van der Waals surface area contributed by atoms with E-state index < -0.39 is 0 Å². The smallest absolute Gasteiger partial charge is 0.232 e. The summed E-state index contributed by atoms with van der Waals surface area (Å²) in [6.07, 6.45) is 7.82. The third kappa shape index (κ3) is 0.699. The molecule has 0 aromatic carbocycles. The maximum absolute atomic E-state index is 4.88. The van der Waals surface area contributed by atoms with Crippen LogP contribution in [0.15, 0.2) is 21.5 Å². The zero-order valence-electron chi connectivity index (χ0n) is 4.87. The van der Waals surface area contributed by atoms with Crippen molar-refractivity contribution in [2.75, 3.05) is 0 Å². The topological polar surface area (TPSA) is 52.1 Å². The quantitative estimate of drug-likeness (QED) is 0.582. The summed E-state index contributed by atoms with van der Waals surface area (Å²) in [6.45, 7) is 0. The van der Waals surface area contributed by atoms with Crippen LogP contribution in [-0.2, 0) is 0 Å². The van der Waals surface area contributed by atoms with Gasteiger partial charge < -0.3 is 8.94 Å². The van der Waals surface area contributed by atoms with Crippen molar-refractivity contribution in [3.63, 3.8) is 0 Å². The zero-order valence-corrected chi connectivity index (χ0v) is 4.87. The number of nitrogens with zero attached hydrogens (tertiary/aromatic N) is 2. The summed E-state index contributed by atoms with van der Waals surface area (Å²) in [5.41, 5.74) is 0.598. The predicted molar refractivity (Wildman–Crippen MR) is 29.7 cm³/mol. The highest BCUT2D eigenvalue weighted by Crippen LogP contribution is 2.13. The van der Waals surface area contributed by atoms with Crippen LogP contribution in [0.4, 0.5) is 0 Å². The highest BCUT2D eigenvalue weighted by Gasteiger charge is 2.03. The average Bonchev–Trinajstić information content (AvgIpc) is 2.59. The largest absolute Gasteiger partial charge is 0.444 e. The van der Waals surface area contributed by atoms with Gasteiger partial charge in [0.1, 0.15) is 30.5 Å². The molecule has 0 unspecified atom stereocenters. The number of oxazole rings is 1. The first-order valence-corrected chi connectivity index (χ1v) is 2.61. The second-order valence-electron chi connectivity index (χ2n) is 1.62. The molecule has 10 heavy (non-hydrogen) atoms. The van der Waals surface area contributed by atoms with E-state index >= 15 is 0 Å². The zero-order chi connectivity index (χ0) is 6.81. The number of hydrogen-bond donors (Lipinski definition) is 0. The Bertz CT molecular complexity index is 253. The van der Waals surface area contributed by atoms with Crippen molar-refractivity contribution >= 4 is 0 Å². The maximum Gasteiger partial charge on any atom is 0.232 e. The minimum atomic E-state index is 0.418. The summed E-state index contributed by atoms with van der Waals surface area (Å²) in [7, 11) is 0. The van der Waals surface area contributed by atoms with Gasteiger partial charge in [0.25, 0.3) is 0 Å². The number of aromatic nitrogens is 2. The molecule has 2 heterocycles. The van der Waals surface area contributed by atoms with Crippen molar-refractivity contribution in [3.05, 3.63) is 24.9 Å². The fourth-order valence-electron chi connectivity index (χ4n) is 0.596. The van der Waals surface area contributed by atoms with Gasteiger partial charge in [0, 0.05) is 0 Å². The van der Waals surface area contributed by atoms with Gasteiger partial charge in [-0.15, -0.1) is 0 Å². The van der Waals surface area contributed by atoms with Gasteiger partial charge in [-0.1, -0.05) is 5.16 Å². The highest BCUT2D eigenvalue weighted by atomic mass is 16.5. The molecule has 0 saturated carbocycles. The van der Waals surface area contributed by atoms with E-state index in [0.717, 1.165) is 0 Å². The molecule has 0 aliphatic carbocycles. The molecule has 2 aromatic heterocycles. The van der Waals surface area contributed by atoms with E-state index in [-0.39, 0.29) is 0 Å². The molecule has 2 aromatic rings. The lowest BCUT2D eigenvalue weighted by molar-refractivity contribution is 0.418. The average molecular weight is 134 g/mol. The first kappa shape index (κ1) is 5.22. The lowest BCUT2D eigenvalue weighted by Crippen LogP contribution is -1.69. The lowest BCUT2D eigenvalue weighted by Gasteiger charge is -1.79. The van der Waals surface area contributed by atoms with E-state index in [2.05, 4.69) is 27.1 Å². The van der Waals surface area contributed by atoms with Crippen LogP contribution in [0.5, 0.6) is 0 Å². The fourth-order valence-corrected chi connectivity index (χ4v) is 0.596. The first-order chi connectivity index (χ1) is 4.97. The Hall–Kier alpha value is -1.58. The van der Waals surface area contributed by atoms with E-state index in [0.29, 0.717) is 11.5 Å². The van der Waals surface area contributed by atoms with Crippen molar-refractivity contribution in [3.8, 4) is 11.5 Å². The number of rotatable bonds is 1. The molecule has 0 fully saturated rings. The summed E-state index contributed by atoms with van der Waals surface area (Å²) >= 11 is 0. The molecular weight excluding hydrogens is 132 g/mol. The predicted octanol–water partition coefficient (Wildman–Crippen LogP) is 0.930. The van der Waals surface area contributed by atoms with Crippen molar-refractivity contribution in [1.29, 1.82) is 0 Å². The van der Waals surface area contributed by atoms with Gasteiger partial charge in [-0.3, -0.25) is 0 Å². The molecule has 2 rings (SSSR count). The maximum atomic E-state index is 4.88. The molecule has 4 nitrogen and oxygen atoms in total. The van der Waals surface area contributed by atoms with Crippen LogP contribution < -0.4 is 0 Å². The van der Waals surface area contributed by atoms with E-state index in [4.69, 9.17) is 4.42 Å². The van der Waals surface area contributed by atoms with Crippen LogP contribution >= 0.6 is 0 Å². The van der Waals surface area contributed by atoms with Crippen LogP contribution in [-0.4, -0.2) is 10.1 Å². The van der Waals surface area contributed by atoms with Crippen LogP contribution in [0.2, 0.25) is 0 Å². The van der Waals surface area contributed by atoms with E-state index in [1.807, 2.05) is 0 Å². The summed E-state index contributed by atoms with van der Waals surface area (Å²) in [6, 6.07) is 0. The van der Waals surface area contributed by atoms with E-state index in [1.54, 1.807) is 0 Å². The summed E-state index contributed by atoms with van der Waals surface area (Å²) < 4.78 is 9.40. The minimum Gasteiger partial charge on any atom is -0.444 e. The van der Waals surface area contributed by atoms with Gasteiger partial charge in [0.05, 0.1) is 0 Å². The Morgan fingerprint density at radius 2 is 2.50 bits per heavy atom. The van der Waals surface area contributed by atoms with Gasteiger partial charge in [0.2, 0.25) is 5.89 Å². The third-order valence-corrected chi connectivity index (χ3v) is 1.01. The molecule has 0 atom stereocenters. The summed E-state index contributed by atoms with van der Waals surface area (Å²) in [4.78, 5) is 3.74. The van der Waals surface area contributed by atoms with E-state index in [1.165, 1.54) is 12.5 Å². The van der Waals surface area contributed by atoms with Crippen molar-refractivity contribution in [2.24, 2.45) is 0 Å². The molecule has 0 aliphatic heterocycles. The van der Waals surface area contributed by atoms with Gasteiger partial charge in [-0.2, -0.15) is 0 Å². The van der Waals surface area contributed by atoms with Gasteiger partial charge in [-0.05, 0) is 0 Å². The minimum absolute atomic E-state index is 0.418. The highest BCUT2D eigenvalue weighted by molar-refractivity contribution is 5.47. The van der Waals surface area contributed by atoms with Crippen molar-refractivity contribution in [1.82, 2.24) is 10.1 Å². The molecule has 0 aliphatic rings. The van der Waals surface area contributed by atoms with Crippen molar-refractivity contribution < 1.29 is 8.94 Å². The summed E-state index contributed by atoms with van der Waals surface area (Å²) in [5, 5.41) is 3.36. The first-order valence-electron chi connectivity index (χ1n) is 2.61. The Balaban J connectivity index is 2.48. The fraction of sp³-hybridized carbons (Fsp3) is 0. The number of hydrogen-bond acceptors (Lipinski definition) is 4. The Morgan fingerprint density at radius 3 is 3.10 bits per heavy atom. The Morgan fingerprint density at radius 1 is 1.50 bits per heavy atom. The molecule has 0 amide bonds. The Kier molecular flexibility index (Phi) is 1.04. The lowest BCUT2D eigenvalue weighted by atomic mass is 10.4.